The summed E-state index contributed by atoms with van der Waals surface area (Å²) in [7, 11) is 0. The molecule has 2 saturated heterocycles. The van der Waals surface area contributed by atoms with Crippen molar-refractivity contribution >= 4 is 17.2 Å². The highest BCUT2D eigenvalue weighted by Gasteiger charge is 2.48. The maximum atomic E-state index is 12.8. The highest BCUT2D eigenvalue weighted by atomic mass is 32.1. The van der Waals surface area contributed by atoms with Crippen LogP contribution in [0.15, 0.2) is 12.1 Å². The molecular weight excluding hydrogens is 292 g/mol. The zero-order valence-corrected chi connectivity index (χ0v) is 14.3. The third-order valence-corrected chi connectivity index (χ3v) is 6.75. The SMILES string of the molecule is Cc1ccc(CN2CCC3(CC2)CCN(CC2CC2)C3=O)s1. The number of thiophene rings is 1. The Balaban J connectivity index is 1.34. The molecule has 1 saturated carbocycles. The number of amides is 1. The fourth-order valence-electron chi connectivity index (χ4n) is 4.07. The minimum atomic E-state index is -0.00322. The van der Waals surface area contributed by atoms with Crippen LogP contribution in [0.5, 0.6) is 0 Å². The van der Waals surface area contributed by atoms with Crippen molar-refractivity contribution in [3.63, 3.8) is 0 Å². The molecule has 1 spiro atoms. The summed E-state index contributed by atoms with van der Waals surface area (Å²) in [4.78, 5) is 20.4. The average molecular weight is 318 g/mol. The first kappa shape index (κ1) is 14.7. The smallest absolute Gasteiger partial charge is 0.228 e. The minimum Gasteiger partial charge on any atom is -0.342 e. The maximum absolute atomic E-state index is 12.8. The topological polar surface area (TPSA) is 23.6 Å². The number of carbonyl (C=O) groups is 1. The summed E-state index contributed by atoms with van der Waals surface area (Å²) in [5.41, 5.74) is -0.00322. The first-order chi connectivity index (χ1) is 10.6. The molecule has 0 bridgehead atoms. The summed E-state index contributed by atoms with van der Waals surface area (Å²) in [6, 6.07) is 4.46. The van der Waals surface area contributed by atoms with Crippen LogP contribution in [0.25, 0.3) is 0 Å². The number of hydrogen-bond donors (Lipinski definition) is 0. The molecule has 1 amide bonds. The van der Waals surface area contributed by atoms with Crippen LogP contribution in [0.2, 0.25) is 0 Å². The number of hydrogen-bond acceptors (Lipinski definition) is 3. The summed E-state index contributed by atoms with van der Waals surface area (Å²) in [6.07, 6.45) is 5.91. The van der Waals surface area contributed by atoms with E-state index in [0.29, 0.717) is 5.91 Å². The van der Waals surface area contributed by atoms with Crippen molar-refractivity contribution in [2.24, 2.45) is 11.3 Å². The molecule has 0 unspecified atom stereocenters. The fourth-order valence-corrected chi connectivity index (χ4v) is 5.01. The summed E-state index contributed by atoms with van der Waals surface area (Å²) < 4.78 is 0. The van der Waals surface area contributed by atoms with E-state index < -0.39 is 0 Å². The molecular formula is C18H26N2OS. The van der Waals surface area contributed by atoms with Gasteiger partial charge in [-0.05, 0) is 70.2 Å². The molecule has 0 aromatic carbocycles. The number of rotatable bonds is 4. The second kappa shape index (κ2) is 5.64. The number of piperidine rings is 1. The van der Waals surface area contributed by atoms with Crippen LogP contribution in [0.1, 0.15) is 41.9 Å². The minimum absolute atomic E-state index is 0.00322. The Morgan fingerprint density at radius 2 is 1.91 bits per heavy atom. The zero-order valence-electron chi connectivity index (χ0n) is 13.5. The van der Waals surface area contributed by atoms with Crippen molar-refractivity contribution in [1.29, 1.82) is 0 Å². The molecule has 0 radical (unpaired) electrons. The number of carbonyl (C=O) groups excluding carboxylic acids is 1. The van der Waals surface area contributed by atoms with Gasteiger partial charge in [-0.25, -0.2) is 0 Å². The normalized spacial score (nSPS) is 25.3. The van der Waals surface area contributed by atoms with Crippen molar-refractivity contribution in [2.45, 2.75) is 45.6 Å². The lowest BCUT2D eigenvalue weighted by atomic mass is 9.77. The Bertz CT molecular complexity index is 555. The lowest BCUT2D eigenvalue weighted by Crippen LogP contribution is -2.44. The van der Waals surface area contributed by atoms with Crippen molar-refractivity contribution in [1.82, 2.24) is 9.80 Å². The molecule has 1 aromatic rings. The van der Waals surface area contributed by atoms with Gasteiger partial charge in [0.15, 0.2) is 0 Å². The van der Waals surface area contributed by atoms with Crippen LogP contribution in [-0.4, -0.2) is 41.9 Å². The molecule has 3 nitrogen and oxygen atoms in total. The predicted molar refractivity (Wildman–Crippen MR) is 89.9 cm³/mol. The molecule has 120 valence electrons. The van der Waals surface area contributed by atoms with Gasteiger partial charge in [-0.3, -0.25) is 9.69 Å². The Kier molecular flexibility index (Phi) is 3.77. The molecule has 22 heavy (non-hydrogen) atoms. The molecule has 1 aliphatic carbocycles. The number of aryl methyl sites for hydroxylation is 1. The molecule has 0 N–H and O–H groups in total. The molecule has 4 heteroatoms. The zero-order chi connectivity index (χ0) is 15.2. The number of nitrogens with zero attached hydrogens (tertiary/aromatic N) is 2. The van der Waals surface area contributed by atoms with Crippen molar-refractivity contribution in [2.75, 3.05) is 26.2 Å². The monoisotopic (exact) mass is 318 g/mol. The van der Waals surface area contributed by atoms with Gasteiger partial charge in [0.2, 0.25) is 5.91 Å². The highest BCUT2D eigenvalue weighted by Crippen LogP contribution is 2.43. The lowest BCUT2D eigenvalue weighted by Gasteiger charge is -2.37. The van der Waals surface area contributed by atoms with Crippen molar-refractivity contribution in [3.05, 3.63) is 21.9 Å². The van der Waals surface area contributed by atoms with Gasteiger partial charge in [-0.15, -0.1) is 11.3 Å². The standard InChI is InChI=1S/C18H26N2OS/c1-14-2-5-16(22-14)13-19-9-6-18(7-10-19)8-11-20(17(18)21)12-15-3-4-15/h2,5,15H,3-4,6-13H2,1H3. The highest BCUT2D eigenvalue weighted by molar-refractivity contribution is 7.11. The van der Waals surface area contributed by atoms with E-state index in [2.05, 4.69) is 28.9 Å². The molecule has 0 atom stereocenters. The van der Waals surface area contributed by atoms with E-state index in [9.17, 15) is 4.79 Å². The van der Waals surface area contributed by atoms with Crippen LogP contribution in [-0.2, 0) is 11.3 Å². The molecule has 3 aliphatic rings. The van der Waals surface area contributed by atoms with Crippen molar-refractivity contribution < 1.29 is 4.79 Å². The lowest BCUT2D eigenvalue weighted by molar-refractivity contribution is -0.138. The summed E-state index contributed by atoms with van der Waals surface area (Å²) in [5.74, 6) is 1.30. The van der Waals surface area contributed by atoms with Gasteiger partial charge in [0.1, 0.15) is 0 Å². The fraction of sp³-hybridized carbons (Fsp3) is 0.722. The summed E-state index contributed by atoms with van der Waals surface area (Å²) in [5, 5.41) is 0. The average Bonchev–Trinajstić information content (AvgIpc) is 3.18. The largest absolute Gasteiger partial charge is 0.342 e. The first-order valence-electron chi connectivity index (χ1n) is 8.72. The van der Waals surface area contributed by atoms with E-state index in [0.717, 1.165) is 57.9 Å². The van der Waals surface area contributed by atoms with Crippen molar-refractivity contribution in [3.8, 4) is 0 Å². The van der Waals surface area contributed by atoms with Gasteiger partial charge in [0.25, 0.3) is 0 Å². The van der Waals surface area contributed by atoms with Gasteiger partial charge in [-0.2, -0.15) is 0 Å². The van der Waals surface area contributed by atoms with Crippen LogP contribution in [0.4, 0.5) is 0 Å². The Morgan fingerprint density at radius 3 is 2.55 bits per heavy atom. The Morgan fingerprint density at radius 1 is 1.18 bits per heavy atom. The first-order valence-corrected chi connectivity index (χ1v) is 9.53. The quantitative estimate of drug-likeness (QED) is 0.850. The van der Waals surface area contributed by atoms with Gasteiger partial charge in [0, 0.05) is 29.4 Å². The van der Waals surface area contributed by atoms with E-state index in [-0.39, 0.29) is 5.41 Å². The molecule has 3 fully saturated rings. The number of likely N-dealkylation sites (tertiary alicyclic amines) is 2. The van der Waals surface area contributed by atoms with E-state index in [4.69, 9.17) is 0 Å². The summed E-state index contributed by atoms with van der Waals surface area (Å²) in [6.45, 7) is 7.46. The van der Waals surface area contributed by atoms with Gasteiger partial charge in [-0.1, -0.05) is 0 Å². The summed E-state index contributed by atoms with van der Waals surface area (Å²) >= 11 is 1.90. The maximum Gasteiger partial charge on any atom is 0.228 e. The second-order valence-corrected chi connectivity index (χ2v) is 8.89. The third-order valence-electron chi connectivity index (χ3n) is 5.77. The molecule has 3 heterocycles. The third kappa shape index (κ3) is 2.83. The van der Waals surface area contributed by atoms with Gasteiger partial charge in [0.05, 0.1) is 5.41 Å². The Hall–Kier alpha value is -0.870. The van der Waals surface area contributed by atoms with E-state index in [1.165, 1.54) is 22.6 Å². The van der Waals surface area contributed by atoms with E-state index in [1.807, 2.05) is 11.3 Å². The molecule has 4 rings (SSSR count). The van der Waals surface area contributed by atoms with Crippen LogP contribution >= 0.6 is 11.3 Å². The van der Waals surface area contributed by atoms with E-state index in [1.54, 1.807) is 0 Å². The van der Waals surface area contributed by atoms with Crippen LogP contribution in [0.3, 0.4) is 0 Å². The molecule has 1 aromatic heterocycles. The van der Waals surface area contributed by atoms with Gasteiger partial charge < -0.3 is 4.90 Å². The van der Waals surface area contributed by atoms with Gasteiger partial charge >= 0.3 is 0 Å². The Labute approximate surface area is 137 Å². The molecule has 2 aliphatic heterocycles. The van der Waals surface area contributed by atoms with E-state index >= 15 is 0 Å². The van der Waals surface area contributed by atoms with Crippen LogP contribution < -0.4 is 0 Å². The predicted octanol–water partition coefficient (Wildman–Crippen LogP) is 3.28. The second-order valence-electron chi connectivity index (χ2n) is 7.51. The van der Waals surface area contributed by atoms with Crippen LogP contribution in [0, 0.1) is 18.3 Å².